The largest absolute Gasteiger partial charge is 0.329 e. The second kappa shape index (κ2) is 6.77. The summed E-state index contributed by atoms with van der Waals surface area (Å²) < 4.78 is 1.90. The van der Waals surface area contributed by atoms with Crippen LogP contribution in [0.25, 0.3) is 0 Å². The monoisotopic (exact) mass is 238 g/mol. The van der Waals surface area contributed by atoms with Gasteiger partial charge in [-0.1, -0.05) is 20.8 Å². The van der Waals surface area contributed by atoms with Crippen molar-refractivity contribution in [3.8, 4) is 0 Å². The third kappa shape index (κ3) is 3.30. The van der Waals surface area contributed by atoms with E-state index in [4.69, 9.17) is 5.73 Å². The molecule has 1 aromatic rings. The molecular formula is C13H26N4. The SMILES string of the molecule is CCCN(CC)C(CN)c1cn(C)nc1CC. The highest BCUT2D eigenvalue weighted by molar-refractivity contribution is 5.22. The predicted molar refractivity (Wildman–Crippen MR) is 71.9 cm³/mol. The van der Waals surface area contributed by atoms with Crippen LogP contribution in [0.5, 0.6) is 0 Å². The van der Waals surface area contributed by atoms with Crippen LogP contribution in [0.4, 0.5) is 0 Å². The number of aromatic nitrogens is 2. The first kappa shape index (κ1) is 14.2. The fourth-order valence-electron chi connectivity index (χ4n) is 2.40. The van der Waals surface area contributed by atoms with Gasteiger partial charge in [-0.15, -0.1) is 0 Å². The second-order valence-electron chi connectivity index (χ2n) is 4.44. The minimum Gasteiger partial charge on any atom is -0.329 e. The molecule has 0 saturated heterocycles. The lowest BCUT2D eigenvalue weighted by molar-refractivity contribution is 0.212. The number of nitrogens with two attached hydrogens (primary N) is 1. The number of rotatable bonds is 7. The number of nitrogens with zero attached hydrogens (tertiary/aromatic N) is 3. The van der Waals surface area contributed by atoms with Crippen molar-refractivity contribution in [1.82, 2.24) is 14.7 Å². The number of aryl methyl sites for hydroxylation is 2. The van der Waals surface area contributed by atoms with Gasteiger partial charge in [-0.3, -0.25) is 9.58 Å². The van der Waals surface area contributed by atoms with Crippen LogP contribution < -0.4 is 5.73 Å². The van der Waals surface area contributed by atoms with E-state index in [9.17, 15) is 0 Å². The van der Waals surface area contributed by atoms with Crippen LogP contribution in [0, 0.1) is 0 Å². The van der Waals surface area contributed by atoms with Crippen LogP contribution in [-0.2, 0) is 13.5 Å². The summed E-state index contributed by atoms with van der Waals surface area (Å²) in [6.07, 6.45) is 4.25. The van der Waals surface area contributed by atoms with E-state index in [-0.39, 0.29) is 0 Å². The molecule has 0 aliphatic rings. The minimum absolute atomic E-state index is 0.309. The summed E-state index contributed by atoms with van der Waals surface area (Å²) in [7, 11) is 1.98. The Labute approximate surface area is 105 Å². The van der Waals surface area contributed by atoms with Crippen LogP contribution in [0.3, 0.4) is 0 Å². The summed E-state index contributed by atoms with van der Waals surface area (Å²) in [5.41, 5.74) is 8.44. The first-order valence-electron chi connectivity index (χ1n) is 6.64. The van der Waals surface area contributed by atoms with E-state index in [1.165, 1.54) is 11.3 Å². The molecule has 98 valence electrons. The third-order valence-corrected chi connectivity index (χ3v) is 3.21. The molecule has 4 nitrogen and oxygen atoms in total. The van der Waals surface area contributed by atoms with Gasteiger partial charge in [0.1, 0.15) is 0 Å². The first-order chi connectivity index (χ1) is 8.17. The molecule has 0 aliphatic carbocycles. The van der Waals surface area contributed by atoms with E-state index in [1.807, 2.05) is 11.7 Å². The average molecular weight is 238 g/mol. The summed E-state index contributed by atoms with van der Waals surface area (Å²) in [6, 6.07) is 0.309. The molecule has 1 rings (SSSR count). The van der Waals surface area contributed by atoms with E-state index in [1.54, 1.807) is 0 Å². The highest BCUT2D eigenvalue weighted by atomic mass is 15.3. The number of hydrogen-bond acceptors (Lipinski definition) is 3. The molecule has 1 heterocycles. The molecule has 0 bridgehead atoms. The van der Waals surface area contributed by atoms with Gasteiger partial charge in [0.25, 0.3) is 0 Å². The Kier molecular flexibility index (Phi) is 5.65. The molecule has 17 heavy (non-hydrogen) atoms. The van der Waals surface area contributed by atoms with Gasteiger partial charge in [0.2, 0.25) is 0 Å². The highest BCUT2D eigenvalue weighted by Gasteiger charge is 2.21. The van der Waals surface area contributed by atoms with Crippen LogP contribution >= 0.6 is 0 Å². The topological polar surface area (TPSA) is 47.1 Å². The number of likely N-dealkylation sites (N-methyl/N-ethyl adjacent to an activating group) is 1. The Bertz CT molecular complexity index is 332. The van der Waals surface area contributed by atoms with Gasteiger partial charge < -0.3 is 5.73 Å². The molecule has 0 radical (unpaired) electrons. The Morgan fingerprint density at radius 2 is 2.12 bits per heavy atom. The zero-order chi connectivity index (χ0) is 12.8. The van der Waals surface area contributed by atoms with Crippen molar-refractivity contribution in [2.24, 2.45) is 12.8 Å². The third-order valence-electron chi connectivity index (χ3n) is 3.21. The van der Waals surface area contributed by atoms with Gasteiger partial charge in [-0.25, -0.2) is 0 Å². The normalized spacial score (nSPS) is 13.3. The fraction of sp³-hybridized carbons (Fsp3) is 0.769. The molecule has 1 aromatic heterocycles. The van der Waals surface area contributed by atoms with Crippen molar-refractivity contribution in [2.75, 3.05) is 19.6 Å². The molecule has 2 N–H and O–H groups in total. The fourth-order valence-corrected chi connectivity index (χ4v) is 2.40. The second-order valence-corrected chi connectivity index (χ2v) is 4.44. The molecule has 0 fully saturated rings. The van der Waals surface area contributed by atoms with Gasteiger partial charge in [-0.05, 0) is 25.9 Å². The Morgan fingerprint density at radius 3 is 2.59 bits per heavy atom. The van der Waals surface area contributed by atoms with Gasteiger partial charge in [0.15, 0.2) is 0 Å². The Hall–Kier alpha value is -0.870. The van der Waals surface area contributed by atoms with E-state index in [2.05, 4.69) is 37.0 Å². The Balaban J connectivity index is 2.98. The van der Waals surface area contributed by atoms with Crippen molar-refractivity contribution in [1.29, 1.82) is 0 Å². The van der Waals surface area contributed by atoms with Crippen LogP contribution in [0.1, 0.15) is 44.5 Å². The predicted octanol–water partition coefficient (Wildman–Crippen LogP) is 1.71. The molecule has 0 aliphatic heterocycles. The zero-order valence-electron chi connectivity index (χ0n) is 11.6. The summed E-state index contributed by atoms with van der Waals surface area (Å²) >= 11 is 0. The number of hydrogen-bond donors (Lipinski definition) is 1. The highest BCUT2D eigenvalue weighted by Crippen LogP contribution is 2.23. The quantitative estimate of drug-likeness (QED) is 0.786. The maximum Gasteiger partial charge on any atom is 0.0670 e. The molecular weight excluding hydrogens is 212 g/mol. The van der Waals surface area contributed by atoms with Crippen molar-refractivity contribution in [2.45, 2.75) is 39.7 Å². The lowest BCUT2D eigenvalue weighted by Gasteiger charge is -2.29. The van der Waals surface area contributed by atoms with Crippen molar-refractivity contribution >= 4 is 0 Å². The summed E-state index contributed by atoms with van der Waals surface area (Å²) in [5, 5.41) is 4.51. The van der Waals surface area contributed by atoms with E-state index in [0.29, 0.717) is 12.6 Å². The van der Waals surface area contributed by atoms with Crippen LogP contribution in [0.2, 0.25) is 0 Å². The summed E-state index contributed by atoms with van der Waals surface area (Å²) in [4.78, 5) is 2.44. The zero-order valence-corrected chi connectivity index (χ0v) is 11.6. The average Bonchev–Trinajstić information content (AvgIpc) is 2.70. The van der Waals surface area contributed by atoms with E-state index >= 15 is 0 Å². The van der Waals surface area contributed by atoms with Crippen molar-refractivity contribution < 1.29 is 0 Å². The molecule has 0 aromatic carbocycles. The van der Waals surface area contributed by atoms with Gasteiger partial charge in [0, 0.05) is 25.4 Å². The molecule has 0 amide bonds. The standard InChI is InChI=1S/C13H26N4/c1-5-8-17(7-3)13(9-14)11-10-16(4)15-12(11)6-2/h10,13H,5-9,14H2,1-4H3. The smallest absolute Gasteiger partial charge is 0.0670 e. The first-order valence-corrected chi connectivity index (χ1v) is 6.64. The summed E-state index contributed by atoms with van der Waals surface area (Å²) in [6.45, 7) is 9.34. The maximum atomic E-state index is 5.97. The lowest BCUT2D eigenvalue weighted by Crippen LogP contribution is -2.34. The maximum absolute atomic E-state index is 5.97. The van der Waals surface area contributed by atoms with Gasteiger partial charge >= 0.3 is 0 Å². The summed E-state index contributed by atoms with van der Waals surface area (Å²) in [5.74, 6) is 0. The molecule has 0 spiro atoms. The van der Waals surface area contributed by atoms with E-state index < -0.39 is 0 Å². The van der Waals surface area contributed by atoms with Crippen molar-refractivity contribution in [3.05, 3.63) is 17.5 Å². The lowest BCUT2D eigenvalue weighted by atomic mass is 10.0. The Morgan fingerprint density at radius 1 is 1.41 bits per heavy atom. The molecule has 1 unspecified atom stereocenters. The molecule has 1 atom stereocenters. The molecule has 4 heteroatoms. The van der Waals surface area contributed by atoms with Crippen molar-refractivity contribution in [3.63, 3.8) is 0 Å². The molecule has 0 saturated carbocycles. The van der Waals surface area contributed by atoms with Gasteiger partial charge in [0.05, 0.1) is 11.7 Å². The van der Waals surface area contributed by atoms with Crippen LogP contribution in [-0.4, -0.2) is 34.3 Å². The van der Waals surface area contributed by atoms with E-state index in [0.717, 1.165) is 25.9 Å². The van der Waals surface area contributed by atoms with Crippen LogP contribution in [0.15, 0.2) is 6.20 Å². The minimum atomic E-state index is 0.309. The van der Waals surface area contributed by atoms with Gasteiger partial charge in [-0.2, -0.15) is 5.10 Å².